The molecule has 2 heterocycles. The number of oxazole rings is 1. The number of aromatic nitrogens is 1. The van der Waals surface area contributed by atoms with E-state index in [4.69, 9.17) is 8.83 Å². The average Bonchev–Trinajstić information content (AvgIpc) is 3.25. The predicted octanol–water partition coefficient (Wildman–Crippen LogP) is 4.05. The van der Waals surface area contributed by atoms with Crippen LogP contribution in [0.1, 0.15) is 36.6 Å². The summed E-state index contributed by atoms with van der Waals surface area (Å²) < 4.78 is 11.0. The van der Waals surface area contributed by atoms with Gasteiger partial charge < -0.3 is 14.2 Å². The van der Waals surface area contributed by atoms with E-state index >= 15 is 0 Å². The number of rotatable bonds is 6. The number of nitrogens with one attached hydrogen (secondary N) is 1. The van der Waals surface area contributed by atoms with Gasteiger partial charge in [-0.1, -0.05) is 29.8 Å². The molecule has 1 amide bonds. The van der Waals surface area contributed by atoms with Gasteiger partial charge >= 0.3 is 0 Å². The highest BCUT2D eigenvalue weighted by Crippen LogP contribution is 2.21. The molecule has 1 N–H and O–H groups in total. The minimum absolute atomic E-state index is 0.0611. The lowest BCUT2D eigenvalue weighted by Gasteiger charge is -2.10. The number of nitrogens with zero attached hydrogens (tertiary/aromatic N) is 1. The zero-order valence-corrected chi connectivity index (χ0v) is 13.8. The molecule has 5 heteroatoms. The van der Waals surface area contributed by atoms with E-state index in [1.807, 2.05) is 44.2 Å². The van der Waals surface area contributed by atoms with Crippen molar-refractivity contribution in [3.63, 3.8) is 0 Å². The molecule has 124 valence electrons. The van der Waals surface area contributed by atoms with Gasteiger partial charge in [0.05, 0.1) is 18.5 Å². The Balaban J connectivity index is 1.53. The highest BCUT2D eigenvalue weighted by atomic mass is 16.4. The zero-order valence-electron chi connectivity index (χ0n) is 13.8. The molecule has 0 radical (unpaired) electrons. The van der Waals surface area contributed by atoms with E-state index in [0.717, 1.165) is 17.1 Å². The zero-order chi connectivity index (χ0) is 16.9. The Bertz CT molecular complexity index is 788. The highest BCUT2D eigenvalue weighted by molar-refractivity contribution is 5.76. The normalized spacial score (nSPS) is 12.1. The Morgan fingerprint density at radius 1 is 1.25 bits per heavy atom. The number of carbonyl (C=O) groups is 1. The largest absolute Gasteiger partial charge is 0.467 e. The fraction of sp³-hybridized carbons (Fsp3) is 0.263. The van der Waals surface area contributed by atoms with Crippen LogP contribution in [-0.2, 0) is 11.2 Å². The molecule has 0 fully saturated rings. The summed E-state index contributed by atoms with van der Waals surface area (Å²) in [5, 5.41) is 2.90. The second kappa shape index (κ2) is 7.17. The molecule has 24 heavy (non-hydrogen) atoms. The minimum Gasteiger partial charge on any atom is -0.467 e. The topological polar surface area (TPSA) is 68.3 Å². The third-order valence-electron chi connectivity index (χ3n) is 3.80. The van der Waals surface area contributed by atoms with Gasteiger partial charge in [-0.3, -0.25) is 4.79 Å². The van der Waals surface area contributed by atoms with Gasteiger partial charge in [0.25, 0.3) is 0 Å². The van der Waals surface area contributed by atoms with Crippen molar-refractivity contribution in [2.24, 2.45) is 0 Å². The summed E-state index contributed by atoms with van der Waals surface area (Å²) >= 11 is 0. The smallest absolute Gasteiger partial charge is 0.221 e. The number of hydrogen-bond donors (Lipinski definition) is 1. The summed E-state index contributed by atoms with van der Waals surface area (Å²) in [6.45, 7) is 3.93. The lowest BCUT2D eigenvalue weighted by Crippen LogP contribution is -2.26. The van der Waals surface area contributed by atoms with Crippen LogP contribution in [0.15, 0.2) is 57.7 Å². The molecular weight excluding hydrogens is 304 g/mol. The van der Waals surface area contributed by atoms with Gasteiger partial charge in [-0.2, -0.15) is 0 Å². The van der Waals surface area contributed by atoms with Crippen LogP contribution in [0.3, 0.4) is 0 Å². The molecule has 1 unspecified atom stereocenters. The number of furan rings is 1. The van der Waals surface area contributed by atoms with Gasteiger partial charge in [-0.25, -0.2) is 4.98 Å². The van der Waals surface area contributed by atoms with Crippen LogP contribution < -0.4 is 5.32 Å². The first-order valence-corrected chi connectivity index (χ1v) is 7.96. The van der Waals surface area contributed by atoms with Crippen LogP contribution in [0.5, 0.6) is 0 Å². The van der Waals surface area contributed by atoms with E-state index in [2.05, 4.69) is 10.3 Å². The summed E-state index contributed by atoms with van der Waals surface area (Å²) in [6, 6.07) is 11.5. The van der Waals surface area contributed by atoms with Gasteiger partial charge in [-0.05, 0) is 26.0 Å². The first-order valence-electron chi connectivity index (χ1n) is 7.96. The molecule has 1 atom stereocenters. The van der Waals surface area contributed by atoms with E-state index in [0.29, 0.717) is 18.7 Å². The quantitative estimate of drug-likeness (QED) is 0.742. The number of amides is 1. The van der Waals surface area contributed by atoms with Crippen LogP contribution in [-0.4, -0.2) is 10.9 Å². The van der Waals surface area contributed by atoms with Crippen molar-refractivity contribution >= 4 is 5.91 Å². The summed E-state index contributed by atoms with van der Waals surface area (Å²) in [5.41, 5.74) is 2.18. The summed E-state index contributed by atoms with van der Waals surface area (Å²) in [6.07, 6.45) is 4.07. The first kappa shape index (κ1) is 16.1. The van der Waals surface area contributed by atoms with Gasteiger partial charge in [0.15, 0.2) is 11.7 Å². The molecule has 0 aliphatic carbocycles. The number of carbonyl (C=O) groups excluding carboxylic acids is 1. The SMILES string of the molecule is Cc1ccc(-c2cnc(CCC(=O)NC(C)c3ccco3)o2)cc1. The van der Waals surface area contributed by atoms with E-state index in [-0.39, 0.29) is 11.9 Å². The Morgan fingerprint density at radius 2 is 2.04 bits per heavy atom. The van der Waals surface area contributed by atoms with Gasteiger partial charge in [0.2, 0.25) is 5.91 Å². The maximum Gasteiger partial charge on any atom is 0.221 e. The monoisotopic (exact) mass is 324 g/mol. The number of benzene rings is 1. The Kier molecular flexibility index (Phi) is 4.79. The van der Waals surface area contributed by atoms with Crippen molar-refractivity contribution in [2.45, 2.75) is 32.7 Å². The van der Waals surface area contributed by atoms with Crippen molar-refractivity contribution in [1.82, 2.24) is 10.3 Å². The third-order valence-corrected chi connectivity index (χ3v) is 3.80. The molecule has 0 saturated heterocycles. The van der Waals surface area contributed by atoms with Crippen molar-refractivity contribution < 1.29 is 13.6 Å². The van der Waals surface area contributed by atoms with Crippen molar-refractivity contribution in [3.05, 3.63) is 66.1 Å². The molecule has 1 aromatic carbocycles. The molecule has 0 spiro atoms. The lowest BCUT2D eigenvalue weighted by atomic mass is 10.1. The fourth-order valence-electron chi connectivity index (χ4n) is 2.42. The molecule has 0 aliphatic rings. The Morgan fingerprint density at radius 3 is 2.75 bits per heavy atom. The van der Waals surface area contributed by atoms with Crippen LogP contribution in [0, 0.1) is 6.92 Å². The molecule has 5 nitrogen and oxygen atoms in total. The van der Waals surface area contributed by atoms with E-state index in [1.165, 1.54) is 5.56 Å². The van der Waals surface area contributed by atoms with Crippen molar-refractivity contribution in [1.29, 1.82) is 0 Å². The highest BCUT2D eigenvalue weighted by Gasteiger charge is 2.13. The van der Waals surface area contributed by atoms with Crippen LogP contribution >= 0.6 is 0 Å². The fourth-order valence-corrected chi connectivity index (χ4v) is 2.42. The Hall–Kier alpha value is -2.82. The molecule has 3 rings (SSSR count). The average molecular weight is 324 g/mol. The van der Waals surface area contributed by atoms with Crippen LogP contribution in [0.4, 0.5) is 0 Å². The van der Waals surface area contributed by atoms with Gasteiger partial charge in [0, 0.05) is 18.4 Å². The molecular formula is C19H20N2O3. The Labute approximate surface area is 140 Å². The summed E-state index contributed by atoms with van der Waals surface area (Å²) in [7, 11) is 0. The molecule has 0 bridgehead atoms. The van der Waals surface area contributed by atoms with Gasteiger partial charge in [-0.15, -0.1) is 0 Å². The maximum absolute atomic E-state index is 12.0. The van der Waals surface area contributed by atoms with E-state index in [9.17, 15) is 4.79 Å². The molecule has 0 saturated carbocycles. The second-order valence-corrected chi connectivity index (χ2v) is 5.79. The lowest BCUT2D eigenvalue weighted by molar-refractivity contribution is -0.121. The predicted molar refractivity (Wildman–Crippen MR) is 90.3 cm³/mol. The molecule has 0 aliphatic heterocycles. The molecule has 2 aromatic heterocycles. The van der Waals surface area contributed by atoms with E-state index < -0.39 is 0 Å². The van der Waals surface area contributed by atoms with Crippen molar-refractivity contribution in [3.8, 4) is 11.3 Å². The summed E-state index contributed by atoms with van der Waals surface area (Å²) in [5.74, 6) is 1.95. The third kappa shape index (κ3) is 3.93. The number of hydrogen-bond acceptors (Lipinski definition) is 4. The van der Waals surface area contributed by atoms with Gasteiger partial charge in [0.1, 0.15) is 5.76 Å². The first-order chi connectivity index (χ1) is 11.6. The minimum atomic E-state index is -0.153. The molecule has 3 aromatic rings. The second-order valence-electron chi connectivity index (χ2n) is 5.79. The van der Waals surface area contributed by atoms with E-state index in [1.54, 1.807) is 18.5 Å². The summed E-state index contributed by atoms with van der Waals surface area (Å²) in [4.78, 5) is 16.3. The maximum atomic E-state index is 12.0. The van der Waals surface area contributed by atoms with Crippen LogP contribution in [0.2, 0.25) is 0 Å². The van der Waals surface area contributed by atoms with Crippen LogP contribution in [0.25, 0.3) is 11.3 Å². The van der Waals surface area contributed by atoms with Crippen molar-refractivity contribution in [2.75, 3.05) is 0 Å². The standard InChI is InChI=1S/C19H20N2O3/c1-13-5-7-15(8-6-13)17-12-20-19(24-17)10-9-18(22)21-14(2)16-4-3-11-23-16/h3-8,11-12,14H,9-10H2,1-2H3,(H,21,22). The number of aryl methyl sites for hydroxylation is 2.